The van der Waals surface area contributed by atoms with Crippen LogP contribution in [0.5, 0.6) is 0 Å². The summed E-state index contributed by atoms with van der Waals surface area (Å²) < 4.78 is 15.3. The van der Waals surface area contributed by atoms with Crippen LogP contribution in [-0.2, 0) is 14.2 Å². The lowest BCUT2D eigenvalue weighted by Crippen LogP contribution is -2.60. The first-order valence-electron chi connectivity index (χ1n) is 7.05. The van der Waals surface area contributed by atoms with E-state index in [1.807, 2.05) is 0 Å². The van der Waals surface area contributed by atoms with Gasteiger partial charge in [-0.3, -0.25) is 0 Å². The maximum absolute atomic E-state index is 10.00. The Kier molecular flexibility index (Phi) is 5.92. The van der Waals surface area contributed by atoms with Crippen molar-refractivity contribution >= 4 is 0 Å². The Labute approximate surface area is 130 Å². The first kappa shape index (κ1) is 18.9. The minimum Gasteiger partial charge on any atom is -0.394 e. The van der Waals surface area contributed by atoms with Gasteiger partial charge in [0.05, 0.1) is 19.8 Å². The summed E-state index contributed by atoms with van der Waals surface area (Å²) in [5.74, 6) is -2.37. The fourth-order valence-electron chi connectivity index (χ4n) is 2.63. The van der Waals surface area contributed by atoms with E-state index in [0.717, 1.165) is 0 Å². The van der Waals surface area contributed by atoms with Gasteiger partial charge in [-0.1, -0.05) is 0 Å². The topological polar surface area (TPSA) is 190 Å². The van der Waals surface area contributed by atoms with Crippen molar-refractivity contribution < 1.29 is 55.1 Å². The number of aliphatic hydroxyl groups is 8. The fourth-order valence-corrected chi connectivity index (χ4v) is 2.63. The van der Waals surface area contributed by atoms with E-state index in [0.29, 0.717) is 0 Å². The van der Waals surface area contributed by atoms with E-state index in [1.165, 1.54) is 0 Å². The standard InChI is InChI=1S/C12H22O11/c13-1-4-6(16)7(17)8(18)11(21-4)22-9-5(2-14)23-12(20,3-15)10(9)19/h4-11,13-20H,1-3H2/t4-,5-,6+,7+,8+,9-,10-,11+,12-/m0/s1. The van der Waals surface area contributed by atoms with E-state index in [2.05, 4.69) is 0 Å². The van der Waals surface area contributed by atoms with Crippen molar-refractivity contribution in [3.8, 4) is 0 Å². The summed E-state index contributed by atoms with van der Waals surface area (Å²) in [5, 5.41) is 76.5. The van der Waals surface area contributed by atoms with Gasteiger partial charge in [0, 0.05) is 0 Å². The summed E-state index contributed by atoms with van der Waals surface area (Å²) in [5.41, 5.74) is 0. The van der Waals surface area contributed by atoms with Crippen molar-refractivity contribution in [3.05, 3.63) is 0 Å². The molecule has 0 radical (unpaired) electrons. The molecule has 11 nitrogen and oxygen atoms in total. The Morgan fingerprint density at radius 1 is 0.870 bits per heavy atom. The lowest BCUT2D eigenvalue weighted by Gasteiger charge is -2.41. The second-order valence-corrected chi connectivity index (χ2v) is 5.58. The Morgan fingerprint density at radius 3 is 2.00 bits per heavy atom. The van der Waals surface area contributed by atoms with E-state index in [-0.39, 0.29) is 0 Å². The van der Waals surface area contributed by atoms with E-state index in [1.54, 1.807) is 0 Å². The summed E-state index contributed by atoms with van der Waals surface area (Å²) in [7, 11) is 0. The van der Waals surface area contributed by atoms with E-state index < -0.39 is 74.6 Å². The van der Waals surface area contributed by atoms with E-state index in [4.69, 9.17) is 24.4 Å². The SMILES string of the molecule is OC[C@@H]1O[C@H](O[C@H]2[C@H](CO)O[C@@](O)(CO)[C@H]2O)[C@H](O)[C@H](O)[C@@H]1O. The monoisotopic (exact) mass is 342 g/mol. The van der Waals surface area contributed by atoms with Crippen LogP contribution in [0.25, 0.3) is 0 Å². The maximum Gasteiger partial charge on any atom is 0.219 e. The van der Waals surface area contributed by atoms with Crippen LogP contribution in [0.15, 0.2) is 0 Å². The summed E-state index contributed by atoms with van der Waals surface area (Å²) in [4.78, 5) is 0. The Bertz CT molecular complexity index is 393. The van der Waals surface area contributed by atoms with Crippen LogP contribution < -0.4 is 0 Å². The molecule has 0 amide bonds. The Morgan fingerprint density at radius 2 is 1.48 bits per heavy atom. The smallest absolute Gasteiger partial charge is 0.219 e. The summed E-state index contributed by atoms with van der Waals surface area (Å²) in [6.45, 7) is -2.32. The third-order valence-electron chi connectivity index (χ3n) is 4.04. The zero-order valence-electron chi connectivity index (χ0n) is 12.0. The first-order chi connectivity index (χ1) is 10.8. The van der Waals surface area contributed by atoms with Crippen molar-refractivity contribution in [2.45, 2.75) is 54.8 Å². The van der Waals surface area contributed by atoms with Gasteiger partial charge in [0.25, 0.3) is 0 Å². The first-order valence-corrected chi connectivity index (χ1v) is 7.05. The third-order valence-corrected chi connectivity index (χ3v) is 4.04. The molecule has 2 aliphatic heterocycles. The molecule has 136 valence electrons. The maximum atomic E-state index is 10.00. The second kappa shape index (κ2) is 7.21. The van der Waals surface area contributed by atoms with Crippen LogP contribution in [-0.4, -0.2) is 115 Å². The fraction of sp³-hybridized carbons (Fsp3) is 1.00. The molecule has 0 aromatic carbocycles. The van der Waals surface area contributed by atoms with Crippen LogP contribution in [0, 0.1) is 0 Å². The third kappa shape index (κ3) is 3.36. The molecule has 2 saturated heterocycles. The van der Waals surface area contributed by atoms with Gasteiger partial charge in [-0.15, -0.1) is 0 Å². The van der Waals surface area contributed by atoms with Crippen LogP contribution in [0.2, 0.25) is 0 Å². The highest BCUT2D eigenvalue weighted by Gasteiger charge is 2.56. The summed E-state index contributed by atoms with van der Waals surface area (Å²) in [6.07, 6.45) is -12.2. The molecule has 2 fully saturated rings. The zero-order valence-corrected chi connectivity index (χ0v) is 12.0. The molecule has 8 N–H and O–H groups in total. The van der Waals surface area contributed by atoms with Crippen molar-refractivity contribution in [1.29, 1.82) is 0 Å². The highest BCUT2D eigenvalue weighted by atomic mass is 16.7. The van der Waals surface area contributed by atoms with Gasteiger partial charge in [0.1, 0.15) is 42.7 Å². The van der Waals surface area contributed by atoms with Gasteiger partial charge in [-0.2, -0.15) is 0 Å². The van der Waals surface area contributed by atoms with Gasteiger partial charge in [-0.05, 0) is 0 Å². The molecule has 11 heteroatoms. The average Bonchev–Trinajstić information content (AvgIpc) is 2.80. The molecule has 2 heterocycles. The van der Waals surface area contributed by atoms with E-state index >= 15 is 0 Å². The Hall–Kier alpha value is -0.440. The van der Waals surface area contributed by atoms with Crippen molar-refractivity contribution in [2.24, 2.45) is 0 Å². The van der Waals surface area contributed by atoms with Crippen molar-refractivity contribution in [2.75, 3.05) is 19.8 Å². The van der Waals surface area contributed by atoms with Gasteiger partial charge in [0.2, 0.25) is 5.79 Å². The molecule has 0 aromatic rings. The van der Waals surface area contributed by atoms with Gasteiger partial charge < -0.3 is 55.1 Å². The van der Waals surface area contributed by atoms with Crippen LogP contribution >= 0.6 is 0 Å². The van der Waals surface area contributed by atoms with Crippen molar-refractivity contribution in [3.63, 3.8) is 0 Å². The molecule has 0 aliphatic carbocycles. The molecule has 0 saturated carbocycles. The molecule has 2 aliphatic rings. The molecule has 0 unspecified atom stereocenters. The molecular formula is C12H22O11. The van der Waals surface area contributed by atoms with Crippen molar-refractivity contribution in [1.82, 2.24) is 0 Å². The predicted molar refractivity (Wildman–Crippen MR) is 68.6 cm³/mol. The summed E-state index contributed by atoms with van der Waals surface area (Å²) in [6, 6.07) is 0. The molecule has 0 spiro atoms. The zero-order chi connectivity index (χ0) is 17.4. The van der Waals surface area contributed by atoms with Gasteiger partial charge >= 0.3 is 0 Å². The normalized spacial score (nSPS) is 51.1. The number of hydrogen-bond acceptors (Lipinski definition) is 11. The number of aliphatic hydroxyl groups excluding tert-OH is 7. The van der Waals surface area contributed by atoms with Gasteiger partial charge in [-0.25, -0.2) is 0 Å². The molecule has 0 bridgehead atoms. The van der Waals surface area contributed by atoms with Crippen LogP contribution in [0.4, 0.5) is 0 Å². The minimum absolute atomic E-state index is 0.668. The van der Waals surface area contributed by atoms with Crippen LogP contribution in [0.3, 0.4) is 0 Å². The lowest BCUT2D eigenvalue weighted by molar-refractivity contribution is -0.318. The van der Waals surface area contributed by atoms with Crippen LogP contribution in [0.1, 0.15) is 0 Å². The average molecular weight is 342 g/mol. The number of ether oxygens (including phenoxy) is 3. The minimum atomic E-state index is -2.37. The Balaban J connectivity index is 2.13. The van der Waals surface area contributed by atoms with E-state index in [9.17, 15) is 30.6 Å². The molecule has 0 aromatic heterocycles. The number of rotatable bonds is 5. The summed E-state index contributed by atoms with van der Waals surface area (Å²) >= 11 is 0. The molecular weight excluding hydrogens is 320 g/mol. The predicted octanol–water partition coefficient (Wildman–Crippen LogP) is -5.40. The highest BCUT2D eigenvalue weighted by molar-refractivity contribution is 4.98. The highest BCUT2D eigenvalue weighted by Crippen LogP contribution is 2.33. The van der Waals surface area contributed by atoms with Gasteiger partial charge in [0.15, 0.2) is 6.29 Å². The quantitative estimate of drug-likeness (QED) is 0.238. The lowest BCUT2D eigenvalue weighted by atomic mass is 9.99. The second-order valence-electron chi connectivity index (χ2n) is 5.58. The largest absolute Gasteiger partial charge is 0.394 e. The molecule has 9 atom stereocenters. The number of hydrogen-bond donors (Lipinski definition) is 8. The molecule has 23 heavy (non-hydrogen) atoms. The molecule has 2 rings (SSSR count).